The summed E-state index contributed by atoms with van der Waals surface area (Å²) < 4.78 is 12.8. The number of amides is 1. The average Bonchev–Trinajstić information content (AvgIpc) is 2.46. The average molecular weight is 312 g/mol. The van der Waals surface area contributed by atoms with Crippen LogP contribution in [-0.2, 0) is 9.59 Å². The molecule has 1 heterocycles. The molecule has 7 heteroatoms. The molecule has 0 unspecified atom stereocenters. The lowest BCUT2D eigenvalue weighted by atomic mass is 10.3. The molecule has 1 aromatic rings. The van der Waals surface area contributed by atoms with Gasteiger partial charge in [-0.2, -0.15) is 0 Å². The first kappa shape index (κ1) is 15.8. The smallest absolute Gasteiger partial charge is 0.317 e. The van der Waals surface area contributed by atoms with Crippen molar-refractivity contribution in [3.63, 3.8) is 0 Å². The Kier molecular flexibility index (Phi) is 5.58. The molecule has 5 nitrogen and oxygen atoms in total. The van der Waals surface area contributed by atoms with E-state index in [1.807, 2.05) is 4.90 Å². The number of carbonyl (C=O) groups is 2. The van der Waals surface area contributed by atoms with Crippen LogP contribution >= 0.6 is 11.8 Å². The summed E-state index contributed by atoms with van der Waals surface area (Å²) in [4.78, 5) is 27.1. The molecular formula is C14H17FN2O3S. The van der Waals surface area contributed by atoms with Crippen LogP contribution in [0.4, 0.5) is 4.39 Å². The number of halogens is 1. The number of rotatable bonds is 5. The Balaban J connectivity index is 1.74. The quantitative estimate of drug-likeness (QED) is 0.827. The summed E-state index contributed by atoms with van der Waals surface area (Å²) >= 11 is 1.38. The minimum Gasteiger partial charge on any atom is -0.480 e. The molecule has 0 bridgehead atoms. The van der Waals surface area contributed by atoms with Gasteiger partial charge in [0, 0.05) is 31.1 Å². The van der Waals surface area contributed by atoms with Gasteiger partial charge in [-0.25, -0.2) is 4.39 Å². The van der Waals surface area contributed by atoms with Gasteiger partial charge in [0.05, 0.1) is 12.3 Å². The Morgan fingerprint density at radius 1 is 1.14 bits per heavy atom. The number of piperazine rings is 1. The lowest BCUT2D eigenvalue weighted by Crippen LogP contribution is -2.50. The summed E-state index contributed by atoms with van der Waals surface area (Å²) in [6.07, 6.45) is 0. The number of carboxylic acid groups (broad SMARTS) is 1. The van der Waals surface area contributed by atoms with Crippen LogP contribution in [0.15, 0.2) is 29.2 Å². The highest BCUT2D eigenvalue weighted by Gasteiger charge is 2.22. The zero-order valence-corrected chi connectivity index (χ0v) is 12.3. The van der Waals surface area contributed by atoms with Crippen LogP contribution in [0.1, 0.15) is 0 Å². The minimum absolute atomic E-state index is 0.0202. The van der Waals surface area contributed by atoms with Crippen LogP contribution in [0.3, 0.4) is 0 Å². The van der Waals surface area contributed by atoms with Crippen molar-refractivity contribution in [1.29, 1.82) is 0 Å². The third kappa shape index (κ3) is 5.02. The monoisotopic (exact) mass is 312 g/mol. The van der Waals surface area contributed by atoms with Gasteiger partial charge in [0.25, 0.3) is 0 Å². The maximum absolute atomic E-state index is 12.8. The molecule has 1 amide bonds. The number of hydrogen-bond acceptors (Lipinski definition) is 4. The van der Waals surface area contributed by atoms with E-state index in [0.29, 0.717) is 31.9 Å². The molecule has 0 saturated carbocycles. The molecule has 1 aromatic carbocycles. The molecular weight excluding hydrogens is 295 g/mol. The number of benzene rings is 1. The molecule has 21 heavy (non-hydrogen) atoms. The van der Waals surface area contributed by atoms with Crippen LogP contribution in [0, 0.1) is 5.82 Å². The first-order valence-corrected chi connectivity index (χ1v) is 7.63. The van der Waals surface area contributed by atoms with Gasteiger partial charge in [-0.05, 0) is 24.3 Å². The number of carboxylic acids is 1. The second-order valence-corrected chi connectivity index (χ2v) is 5.84. The van der Waals surface area contributed by atoms with Crippen molar-refractivity contribution < 1.29 is 19.1 Å². The number of carbonyl (C=O) groups excluding carboxylic acids is 1. The van der Waals surface area contributed by atoms with Gasteiger partial charge in [0.2, 0.25) is 5.91 Å². The lowest BCUT2D eigenvalue weighted by molar-refractivity contribution is -0.139. The summed E-state index contributed by atoms with van der Waals surface area (Å²) in [5.74, 6) is -0.800. The van der Waals surface area contributed by atoms with Gasteiger partial charge < -0.3 is 10.0 Å². The molecule has 0 aliphatic carbocycles. The topological polar surface area (TPSA) is 60.9 Å². The normalized spacial score (nSPS) is 16.0. The molecule has 2 rings (SSSR count). The second kappa shape index (κ2) is 7.42. The fourth-order valence-electron chi connectivity index (χ4n) is 2.11. The van der Waals surface area contributed by atoms with E-state index in [9.17, 15) is 14.0 Å². The summed E-state index contributed by atoms with van der Waals surface area (Å²) in [7, 11) is 0. The van der Waals surface area contributed by atoms with E-state index >= 15 is 0 Å². The SMILES string of the molecule is O=C(O)CN1CCN(C(=O)CSc2ccc(F)cc2)CC1. The highest BCUT2D eigenvalue weighted by Crippen LogP contribution is 2.18. The zero-order valence-electron chi connectivity index (χ0n) is 11.5. The van der Waals surface area contributed by atoms with E-state index in [1.165, 1.54) is 23.9 Å². The fraction of sp³-hybridized carbons (Fsp3) is 0.429. The van der Waals surface area contributed by atoms with Crippen molar-refractivity contribution in [3.05, 3.63) is 30.1 Å². The van der Waals surface area contributed by atoms with Crippen molar-refractivity contribution in [3.8, 4) is 0 Å². The Hall–Kier alpha value is -1.60. The number of nitrogens with zero attached hydrogens (tertiary/aromatic N) is 2. The predicted octanol–water partition coefficient (Wildman–Crippen LogP) is 1.15. The minimum atomic E-state index is -0.846. The number of thioether (sulfide) groups is 1. The molecule has 1 saturated heterocycles. The highest BCUT2D eigenvalue weighted by molar-refractivity contribution is 8.00. The molecule has 0 atom stereocenters. The maximum atomic E-state index is 12.8. The van der Waals surface area contributed by atoms with E-state index in [4.69, 9.17) is 5.11 Å². The standard InChI is InChI=1S/C14H17FN2O3S/c15-11-1-3-12(4-2-11)21-10-13(18)17-7-5-16(6-8-17)9-14(19)20/h1-4H,5-10H2,(H,19,20). The molecule has 1 fully saturated rings. The van der Waals surface area contributed by atoms with E-state index in [1.54, 1.807) is 17.0 Å². The first-order chi connectivity index (χ1) is 10.0. The molecule has 1 N–H and O–H groups in total. The van der Waals surface area contributed by atoms with Crippen molar-refractivity contribution in [1.82, 2.24) is 9.80 Å². The molecule has 0 radical (unpaired) electrons. The summed E-state index contributed by atoms with van der Waals surface area (Å²) in [5, 5.41) is 8.72. The van der Waals surface area contributed by atoms with Crippen molar-refractivity contribution in [2.75, 3.05) is 38.5 Å². The van der Waals surface area contributed by atoms with Gasteiger partial charge in [-0.1, -0.05) is 0 Å². The molecule has 0 aromatic heterocycles. The zero-order chi connectivity index (χ0) is 15.2. The van der Waals surface area contributed by atoms with Crippen molar-refractivity contribution >= 4 is 23.6 Å². The number of hydrogen-bond donors (Lipinski definition) is 1. The van der Waals surface area contributed by atoms with Crippen LogP contribution in [0.5, 0.6) is 0 Å². The number of aliphatic carboxylic acids is 1. The van der Waals surface area contributed by atoms with Gasteiger partial charge in [0.15, 0.2) is 0 Å². The van der Waals surface area contributed by atoms with E-state index in [-0.39, 0.29) is 18.3 Å². The Morgan fingerprint density at radius 3 is 2.33 bits per heavy atom. The van der Waals surface area contributed by atoms with E-state index in [0.717, 1.165) is 4.90 Å². The Labute approximate surface area is 126 Å². The maximum Gasteiger partial charge on any atom is 0.317 e. The highest BCUT2D eigenvalue weighted by atomic mass is 32.2. The Morgan fingerprint density at radius 2 is 1.76 bits per heavy atom. The summed E-state index contributed by atoms with van der Waals surface area (Å²) in [5.41, 5.74) is 0. The summed E-state index contributed by atoms with van der Waals surface area (Å²) in [6, 6.07) is 6.05. The second-order valence-electron chi connectivity index (χ2n) is 4.79. The third-order valence-electron chi connectivity index (χ3n) is 3.26. The predicted molar refractivity (Wildman–Crippen MR) is 77.8 cm³/mol. The van der Waals surface area contributed by atoms with Crippen LogP contribution in [0.25, 0.3) is 0 Å². The molecule has 1 aliphatic heterocycles. The van der Waals surface area contributed by atoms with E-state index in [2.05, 4.69) is 0 Å². The summed E-state index contributed by atoms with van der Waals surface area (Å²) in [6.45, 7) is 2.29. The van der Waals surface area contributed by atoms with Gasteiger partial charge in [-0.15, -0.1) is 11.8 Å². The van der Waals surface area contributed by atoms with Crippen molar-refractivity contribution in [2.45, 2.75) is 4.90 Å². The van der Waals surface area contributed by atoms with Gasteiger partial charge >= 0.3 is 5.97 Å². The van der Waals surface area contributed by atoms with Crippen LogP contribution in [0.2, 0.25) is 0 Å². The Bertz CT molecular complexity index is 501. The first-order valence-electron chi connectivity index (χ1n) is 6.65. The molecule has 0 spiro atoms. The van der Waals surface area contributed by atoms with E-state index < -0.39 is 5.97 Å². The molecule has 114 valence electrons. The third-order valence-corrected chi connectivity index (χ3v) is 4.26. The molecule has 1 aliphatic rings. The van der Waals surface area contributed by atoms with Crippen LogP contribution < -0.4 is 0 Å². The fourth-order valence-corrected chi connectivity index (χ4v) is 2.92. The lowest BCUT2D eigenvalue weighted by Gasteiger charge is -2.33. The van der Waals surface area contributed by atoms with Crippen LogP contribution in [-0.4, -0.2) is 65.3 Å². The van der Waals surface area contributed by atoms with Gasteiger partial charge in [0.1, 0.15) is 5.82 Å². The largest absolute Gasteiger partial charge is 0.480 e. The van der Waals surface area contributed by atoms with Gasteiger partial charge in [-0.3, -0.25) is 14.5 Å². The van der Waals surface area contributed by atoms with Crippen molar-refractivity contribution in [2.24, 2.45) is 0 Å².